The topological polar surface area (TPSA) is 86.2 Å². The van der Waals surface area contributed by atoms with Crippen molar-refractivity contribution in [1.82, 2.24) is 5.43 Å². The summed E-state index contributed by atoms with van der Waals surface area (Å²) in [5.41, 5.74) is 4.71. The Balaban J connectivity index is 1.54. The molecule has 0 aliphatic carbocycles. The summed E-state index contributed by atoms with van der Waals surface area (Å²) in [4.78, 5) is 24.7. The molecule has 0 fully saturated rings. The van der Waals surface area contributed by atoms with E-state index in [4.69, 9.17) is 21.1 Å². The fourth-order valence-corrected chi connectivity index (χ4v) is 3.64. The second kappa shape index (κ2) is 11.9. The van der Waals surface area contributed by atoms with E-state index in [2.05, 4.69) is 15.3 Å². The van der Waals surface area contributed by atoms with Crippen LogP contribution in [0.5, 0.6) is 11.5 Å². The fraction of sp³-hybridized carbons (Fsp3) is 0.125. The van der Waals surface area contributed by atoms with Crippen LogP contribution in [0.1, 0.15) is 21.5 Å². The van der Waals surface area contributed by atoms with Crippen molar-refractivity contribution in [3.63, 3.8) is 0 Å². The normalized spacial score (nSPS) is 10.6. The minimum Gasteiger partial charge on any atom is -0.493 e. The zero-order valence-corrected chi connectivity index (χ0v) is 19.5. The molecule has 0 aromatic heterocycles. The Kier molecular flexibility index (Phi) is 8.74. The van der Waals surface area contributed by atoms with E-state index in [0.717, 1.165) is 16.2 Å². The predicted molar refractivity (Wildman–Crippen MR) is 129 cm³/mol. The highest BCUT2D eigenvalue weighted by molar-refractivity contribution is 7.98. The molecule has 0 saturated carbocycles. The fourth-order valence-electron chi connectivity index (χ4n) is 2.66. The van der Waals surface area contributed by atoms with Gasteiger partial charge in [-0.05, 0) is 65.7 Å². The number of hydrogen-bond donors (Lipinski definition) is 1. The Hall–Kier alpha value is -3.49. The van der Waals surface area contributed by atoms with E-state index in [-0.39, 0.29) is 11.7 Å². The first-order valence-corrected chi connectivity index (χ1v) is 11.1. The van der Waals surface area contributed by atoms with Crippen molar-refractivity contribution in [2.45, 2.75) is 10.6 Å². The second-order valence-corrected chi connectivity index (χ2v) is 8.09. The summed E-state index contributed by atoms with van der Waals surface area (Å²) in [6, 6.07) is 19.8. The molecule has 3 aromatic rings. The molecule has 33 heavy (non-hydrogen) atoms. The first-order chi connectivity index (χ1) is 16.0. The number of halogens is 1. The molecule has 9 heteroatoms. The highest BCUT2D eigenvalue weighted by Crippen LogP contribution is 2.28. The van der Waals surface area contributed by atoms with Gasteiger partial charge in [-0.15, -0.1) is 11.8 Å². The number of carbonyl (C=O) groups is 2. The van der Waals surface area contributed by atoms with Gasteiger partial charge in [-0.2, -0.15) is 5.10 Å². The molecule has 0 saturated heterocycles. The third-order valence-electron chi connectivity index (χ3n) is 4.36. The summed E-state index contributed by atoms with van der Waals surface area (Å²) >= 11 is 7.59. The number of hydrogen-bond acceptors (Lipinski definition) is 7. The lowest BCUT2D eigenvalue weighted by atomic mass is 10.1. The van der Waals surface area contributed by atoms with Crippen LogP contribution in [-0.2, 0) is 10.5 Å². The van der Waals surface area contributed by atoms with Crippen LogP contribution in [0.4, 0.5) is 4.79 Å². The standard InChI is InChI=1S/C24H21ClN2O5S/c1-30-22-13-17(5-12-21(22)32-24(29)31-2)14-26-27-23(28)18-6-3-16(4-7-18)15-33-20-10-8-19(25)9-11-20/h3-14H,15H2,1-2H3,(H,27,28)/b26-14-. The predicted octanol–water partition coefficient (Wildman–Crippen LogP) is 5.55. The summed E-state index contributed by atoms with van der Waals surface area (Å²) in [6.07, 6.45) is 0.607. The van der Waals surface area contributed by atoms with Crippen LogP contribution in [-0.4, -0.2) is 32.5 Å². The Bertz CT molecular complexity index is 1130. The third kappa shape index (κ3) is 7.27. The van der Waals surface area contributed by atoms with Crippen molar-refractivity contribution in [3.8, 4) is 11.5 Å². The van der Waals surface area contributed by atoms with E-state index in [0.29, 0.717) is 21.9 Å². The van der Waals surface area contributed by atoms with Crippen molar-refractivity contribution in [2.75, 3.05) is 14.2 Å². The average molecular weight is 485 g/mol. The number of rotatable bonds is 8. The zero-order valence-electron chi connectivity index (χ0n) is 17.9. The molecule has 0 radical (unpaired) electrons. The molecule has 170 valence electrons. The molecule has 0 bridgehead atoms. The van der Waals surface area contributed by atoms with E-state index < -0.39 is 6.16 Å². The van der Waals surface area contributed by atoms with Crippen LogP contribution < -0.4 is 14.9 Å². The van der Waals surface area contributed by atoms with Crippen molar-refractivity contribution in [2.24, 2.45) is 5.10 Å². The maximum absolute atomic E-state index is 12.4. The third-order valence-corrected chi connectivity index (χ3v) is 5.70. The van der Waals surface area contributed by atoms with E-state index >= 15 is 0 Å². The van der Waals surface area contributed by atoms with Crippen LogP contribution in [0.25, 0.3) is 0 Å². The number of nitrogens with zero attached hydrogens (tertiary/aromatic N) is 1. The molecule has 3 rings (SSSR count). The number of benzene rings is 3. The number of methoxy groups -OCH3 is 2. The molecule has 1 amide bonds. The van der Waals surface area contributed by atoms with E-state index in [1.165, 1.54) is 20.4 Å². The monoisotopic (exact) mass is 484 g/mol. The van der Waals surface area contributed by atoms with Gasteiger partial charge in [0.05, 0.1) is 20.4 Å². The first kappa shape index (κ1) is 24.2. The average Bonchev–Trinajstić information content (AvgIpc) is 2.84. The van der Waals surface area contributed by atoms with Gasteiger partial charge in [-0.1, -0.05) is 23.7 Å². The number of ether oxygens (including phenoxy) is 3. The van der Waals surface area contributed by atoms with Crippen molar-refractivity contribution >= 4 is 41.6 Å². The van der Waals surface area contributed by atoms with Gasteiger partial charge in [0.2, 0.25) is 0 Å². The molecular formula is C24H21ClN2O5S. The molecule has 0 unspecified atom stereocenters. The van der Waals surface area contributed by atoms with Crippen molar-refractivity contribution < 1.29 is 23.8 Å². The highest BCUT2D eigenvalue weighted by Gasteiger charge is 2.10. The van der Waals surface area contributed by atoms with Crippen molar-refractivity contribution in [3.05, 3.63) is 88.4 Å². The van der Waals surface area contributed by atoms with Gasteiger partial charge in [0.15, 0.2) is 11.5 Å². The van der Waals surface area contributed by atoms with Gasteiger partial charge in [-0.3, -0.25) is 4.79 Å². The van der Waals surface area contributed by atoms with Gasteiger partial charge in [0.1, 0.15) is 0 Å². The smallest absolute Gasteiger partial charge is 0.493 e. The molecule has 0 atom stereocenters. The summed E-state index contributed by atoms with van der Waals surface area (Å²) in [5.74, 6) is 0.975. The molecule has 0 spiro atoms. The van der Waals surface area contributed by atoms with Crippen molar-refractivity contribution in [1.29, 1.82) is 0 Å². The number of nitrogens with one attached hydrogen (secondary N) is 1. The zero-order chi connectivity index (χ0) is 23.6. The van der Waals surface area contributed by atoms with E-state index in [9.17, 15) is 9.59 Å². The van der Waals surface area contributed by atoms with E-state index in [1.54, 1.807) is 42.1 Å². The lowest BCUT2D eigenvalue weighted by molar-refractivity contribution is 0.0955. The summed E-state index contributed by atoms with van der Waals surface area (Å²) in [5, 5.41) is 4.69. The number of hydrazone groups is 1. The second-order valence-electron chi connectivity index (χ2n) is 6.61. The summed E-state index contributed by atoms with van der Waals surface area (Å²) < 4.78 is 14.7. The minimum absolute atomic E-state index is 0.208. The summed E-state index contributed by atoms with van der Waals surface area (Å²) in [6.45, 7) is 0. The number of carbonyl (C=O) groups excluding carboxylic acids is 2. The summed E-state index contributed by atoms with van der Waals surface area (Å²) in [7, 11) is 2.66. The molecule has 1 N–H and O–H groups in total. The molecular weight excluding hydrogens is 464 g/mol. The highest BCUT2D eigenvalue weighted by atomic mass is 35.5. The molecule has 0 heterocycles. The lowest BCUT2D eigenvalue weighted by Crippen LogP contribution is -2.17. The Morgan fingerprint density at radius 2 is 1.73 bits per heavy atom. The van der Waals surface area contributed by atoms with Gasteiger partial charge >= 0.3 is 6.16 Å². The van der Waals surface area contributed by atoms with Crippen LogP contribution in [0, 0.1) is 0 Å². The Morgan fingerprint density at radius 1 is 1.00 bits per heavy atom. The largest absolute Gasteiger partial charge is 0.513 e. The van der Waals surface area contributed by atoms with Gasteiger partial charge < -0.3 is 14.2 Å². The van der Waals surface area contributed by atoms with Crippen LogP contribution in [0.15, 0.2) is 76.7 Å². The van der Waals surface area contributed by atoms with Crippen LogP contribution in [0.3, 0.4) is 0 Å². The molecule has 3 aromatic carbocycles. The SMILES string of the molecule is COC(=O)Oc1ccc(/C=N\NC(=O)c2ccc(CSc3ccc(Cl)cc3)cc2)cc1OC. The lowest BCUT2D eigenvalue weighted by Gasteiger charge is -2.08. The maximum Gasteiger partial charge on any atom is 0.513 e. The van der Waals surface area contributed by atoms with Gasteiger partial charge in [-0.25, -0.2) is 10.2 Å². The number of thioether (sulfide) groups is 1. The van der Waals surface area contributed by atoms with Crippen LogP contribution >= 0.6 is 23.4 Å². The maximum atomic E-state index is 12.4. The van der Waals surface area contributed by atoms with Crippen LogP contribution in [0.2, 0.25) is 5.02 Å². The molecule has 7 nitrogen and oxygen atoms in total. The Morgan fingerprint density at radius 3 is 2.39 bits per heavy atom. The minimum atomic E-state index is -0.850. The molecule has 0 aliphatic rings. The quantitative estimate of drug-likeness (QED) is 0.148. The van der Waals surface area contributed by atoms with E-state index in [1.807, 2.05) is 36.4 Å². The molecule has 0 aliphatic heterocycles. The van der Waals surface area contributed by atoms with Gasteiger partial charge in [0.25, 0.3) is 5.91 Å². The number of amides is 1. The Labute approximate surface area is 200 Å². The first-order valence-electron chi connectivity index (χ1n) is 9.73. The van der Waals surface area contributed by atoms with Gasteiger partial charge in [0, 0.05) is 21.2 Å².